The van der Waals surface area contributed by atoms with Gasteiger partial charge in [-0.25, -0.2) is 14.4 Å². The highest BCUT2D eigenvalue weighted by Gasteiger charge is 2.32. The number of rotatable bonds is 3. The fourth-order valence-electron chi connectivity index (χ4n) is 4.59. The number of halogens is 1. The third-order valence-corrected chi connectivity index (χ3v) is 6.23. The van der Waals surface area contributed by atoms with Gasteiger partial charge in [0.15, 0.2) is 11.5 Å². The van der Waals surface area contributed by atoms with Crippen molar-refractivity contribution in [3.8, 4) is 0 Å². The normalized spacial score (nSPS) is 18.6. The Bertz CT molecular complexity index is 1170. The minimum atomic E-state index is -0.294. The van der Waals surface area contributed by atoms with E-state index in [0.717, 1.165) is 0 Å². The summed E-state index contributed by atoms with van der Waals surface area (Å²) in [4.78, 5) is 38.4. The van der Waals surface area contributed by atoms with E-state index >= 15 is 0 Å². The van der Waals surface area contributed by atoms with Crippen molar-refractivity contribution in [2.75, 3.05) is 31.1 Å². The van der Waals surface area contributed by atoms with Crippen LogP contribution >= 0.6 is 0 Å². The van der Waals surface area contributed by atoms with Gasteiger partial charge in [-0.1, -0.05) is 18.2 Å². The number of Topliss-reactive ketones (excluding diaryl/α,β-unsaturated/α-hetero) is 1. The number of aryl methyl sites for hydroxylation is 1. The summed E-state index contributed by atoms with van der Waals surface area (Å²) in [5.41, 5.74) is 2.43. The fourth-order valence-corrected chi connectivity index (χ4v) is 4.59. The van der Waals surface area contributed by atoms with E-state index in [2.05, 4.69) is 4.98 Å². The van der Waals surface area contributed by atoms with Crippen LogP contribution in [0.3, 0.4) is 0 Å². The average molecular weight is 434 g/mol. The molecule has 0 radical (unpaired) electrons. The van der Waals surface area contributed by atoms with Crippen LogP contribution in [0.1, 0.15) is 50.2 Å². The smallest absolute Gasteiger partial charge is 0.289 e. The number of carbonyl (C=O) groups is 2. The molecule has 7 nitrogen and oxygen atoms in total. The summed E-state index contributed by atoms with van der Waals surface area (Å²) in [5.74, 6) is 0.177. The van der Waals surface area contributed by atoms with Crippen molar-refractivity contribution in [2.24, 2.45) is 0 Å². The van der Waals surface area contributed by atoms with E-state index in [9.17, 15) is 14.0 Å². The third kappa shape index (κ3) is 3.66. The zero-order valence-electron chi connectivity index (χ0n) is 17.8. The fraction of sp³-hybridized carbons (Fsp3) is 0.333. The Hall–Kier alpha value is -3.55. The first-order chi connectivity index (χ1) is 15.5. The van der Waals surface area contributed by atoms with Crippen LogP contribution in [0.5, 0.6) is 0 Å². The maximum atomic E-state index is 14.3. The highest BCUT2D eigenvalue weighted by Crippen LogP contribution is 2.34. The van der Waals surface area contributed by atoms with Gasteiger partial charge < -0.3 is 14.2 Å². The summed E-state index contributed by atoms with van der Waals surface area (Å²) >= 11 is 0. The van der Waals surface area contributed by atoms with Crippen LogP contribution in [0.4, 0.5) is 10.3 Å². The van der Waals surface area contributed by atoms with Crippen LogP contribution in [0.25, 0.3) is 0 Å². The van der Waals surface area contributed by atoms with Crippen LogP contribution < -0.4 is 4.90 Å². The highest BCUT2D eigenvalue weighted by atomic mass is 19.1. The summed E-state index contributed by atoms with van der Waals surface area (Å²) in [6.45, 7) is 4.03. The van der Waals surface area contributed by atoms with Crippen molar-refractivity contribution in [2.45, 2.75) is 25.7 Å². The molecule has 2 aromatic heterocycles. The van der Waals surface area contributed by atoms with Crippen molar-refractivity contribution in [3.63, 3.8) is 0 Å². The standard InChI is InChI=1S/C24H23FN4O3/c1-15-22-19(13-16(14-20(22)30)17-5-2-3-6-18(17)25)27-24(26-15)29-10-8-28(9-11-29)23(31)21-7-4-12-32-21/h2-7,12,16H,8-11,13-14H2,1H3. The van der Waals surface area contributed by atoms with Gasteiger partial charge in [-0.05, 0) is 43.0 Å². The van der Waals surface area contributed by atoms with Crippen molar-refractivity contribution in [3.05, 3.63) is 76.8 Å². The van der Waals surface area contributed by atoms with Gasteiger partial charge >= 0.3 is 0 Å². The number of furan rings is 1. The highest BCUT2D eigenvalue weighted by molar-refractivity contribution is 5.99. The lowest BCUT2D eigenvalue weighted by atomic mass is 9.81. The zero-order valence-corrected chi connectivity index (χ0v) is 17.8. The molecular formula is C24H23FN4O3. The van der Waals surface area contributed by atoms with Crippen LogP contribution in [-0.2, 0) is 6.42 Å². The summed E-state index contributed by atoms with van der Waals surface area (Å²) in [6, 6.07) is 9.96. The summed E-state index contributed by atoms with van der Waals surface area (Å²) < 4.78 is 19.6. The third-order valence-electron chi connectivity index (χ3n) is 6.23. The zero-order chi connectivity index (χ0) is 22.2. The molecule has 1 aromatic carbocycles. The molecule has 2 aliphatic rings. The Morgan fingerprint density at radius 3 is 2.56 bits per heavy atom. The molecule has 1 aliphatic heterocycles. The van der Waals surface area contributed by atoms with Gasteiger partial charge in [0, 0.05) is 32.6 Å². The molecule has 1 aliphatic carbocycles. The van der Waals surface area contributed by atoms with Gasteiger partial charge in [0.25, 0.3) is 5.91 Å². The Morgan fingerprint density at radius 1 is 1.06 bits per heavy atom. The molecule has 32 heavy (non-hydrogen) atoms. The predicted molar refractivity (Wildman–Crippen MR) is 115 cm³/mol. The van der Waals surface area contributed by atoms with Crippen molar-refractivity contribution < 1.29 is 18.4 Å². The number of amides is 1. The number of hydrogen-bond donors (Lipinski definition) is 0. The number of carbonyl (C=O) groups excluding carboxylic acids is 2. The van der Waals surface area contributed by atoms with E-state index in [0.29, 0.717) is 66.8 Å². The number of benzene rings is 1. The predicted octanol–water partition coefficient (Wildman–Crippen LogP) is 3.39. The second-order valence-corrected chi connectivity index (χ2v) is 8.24. The maximum absolute atomic E-state index is 14.3. The quantitative estimate of drug-likeness (QED) is 0.629. The minimum absolute atomic E-state index is 0.0441. The first kappa shape index (κ1) is 20.4. The molecule has 3 aromatic rings. The van der Waals surface area contributed by atoms with Gasteiger partial charge in [0.2, 0.25) is 5.95 Å². The van der Waals surface area contributed by atoms with Gasteiger partial charge in [-0.3, -0.25) is 9.59 Å². The molecule has 3 heterocycles. The second-order valence-electron chi connectivity index (χ2n) is 8.24. The van der Waals surface area contributed by atoms with E-state index in [1.807, 2.05) is 11.8 Å². The van der Waals surface area contributed by atoms with E-state index in [1.165, 1.54) is 12.3 Å². The monoisotopic (exact) mass is 434 g/mol. The summed E-state index contributed by atoms with van der Waals surface area (Å²) in [5, 5.41) is 0. The molecule has 8 heteroatoms. The number of piperazine rings is 1. The first-order valence-corrected chi connectivity index (χ1v) is 10.7. The van der Waals surface area contributed by atoms with Crippen molar-refractivity contribution >= 4 is 17.6 Å². The lowest BCUT2D eigenvalue weighted by molar-refractivity contribution is 0.0713. The van der Waals surface area contributed by atoms with E-state index < -0.39 is 0 Å². The number of fused-ring (bicyclic) bond motifs is 1. The minimum Gasteiger partial charge on any atom is -0.459 e. The molecule has 0 spiro atoms. The number of anilines is 1. The maximum Gasteiger partial charge on any atom is 0.289 e. The molecule has 1 unspecified atom stereocenters. The SMILES string of the molecule is Cc1nc(N2CCN(C(=O)c3ccco3)CC2)nc2c1C(=O)CC(c1ccccc1F)C2. The Morgan fingerprint density at radius 2 is 1.84 bits per heavy atom. The molecule has 0 N–H and O–H groups in total. The summed E-state index contributed by atoms with van der Waals surface area (Å²) in [6.07, 6.45) is 2.24. The molecule has 164 valence electrons. The number of hydrogen-bond acceptors (Lipinski definition) is 6. The molecule has 1 atom stereocenters. The summed E-state index contributed by atoms with van der Waals surface area (Å²) in [7, 11) is 0. The van der Waals surface area contributed by atoms with Crippen LogP contribution in [-0.4, -0.2) is 52.7 Å². The van der Waals surface area contributed by atoms with E-state index in [-0.39, 0.29) is 29.8 Å². The van der Waals surface area contributed by atoms with Crippen molar-refractivity contribution in [1.82, 2.24) is 14.9 Å². The molecule has 5 rings (SSSR count). The van der Waals surface area contributed by atoms with Gasteiger partial charge in [0.1, 0.15) is 5.82 Å². The van der Waals surface area contributed by atoms with Gasteiger partial charge in [0.05, 0.1) is 23.2 Å². The molecular weight excluding hydrogens is 411 g/mol. The van der Waals surface area contributed by atoms with Crippen LogP contribution in [0.2, 0.25) is 0 Å². The number of nitrogens with zero attached hydrogens (tertiary/aromatic N) is 4. The average Bonchev–Trinajstić information content (AvgIpc) is 3.33. The largest absolute Gasteiger partial charge is 0.459 e. The van der Waals surface area contributed by atoms with Crippen LogP contribution in [0, 0.1) is 12.7 Å². The number of aromatic nitrogens is 2. The topological polar surface area (TPSA) is 79.5 Å². The lowest BCUT2D eigenvalue weighted by Gasteiger charge is -2.35. The molecule has 0 bridgehead atoms. The van der Waals surface area contributed by atoms with E-state index in [1.54, 1.807) is 35.2 Å². The molecule has 1 saturated heterocycles. The van der Waals surface area contributed by atoms with Gasteiger partial charge in [-0.15, -0.1) is 0 Å². The Balaban J connectivity index is 1.36. The Kier molecular flexibility index (Phi) is 5.20. The first-order valence-electron chi connectivity index (χ1n) is 10.7. The Labute approximate surface area is 184 Å². The lowest BCUT2D eigenvalue weighted by Crippen LogP contribution is -2.49. The molecule has 1 amide bonds. The second kappa shape index (κ2) is 8.18. The van der Waals surface area contributed by atoms with Gasteiger partial charge in [-0.2, -0.15) is 0 Å². The van der Waals surface area contributed by atoms with Crippen LogP contribution in [0.15, 0.2) is 47.1 Å². The van der Waals surface area contributed by atoms with Crippen molar-refractivity contribution in [1.29, 1.82) is 0 Å². The number of ketones is 1. The molecule has 0 saturated carbocycles. The van der Waals surface area contributed by atoms with E-state index in [4.69, 9.17) is 9.40 Å². The molecule has 1 fully saturated rings.